The summed E-state index contributed by atoms with van der Waals surface area (Å²) in [7, 11) is 0. The molecule has 0 bridgehead atoms. The average molecular weight is 340 g/mol. The normalized spacial score (nSPS) is 10.9. The molecular weight excluding hydrogens is 325 g/mol. The Hall–Kier alpha value is -1.69. The van der Waals surface area contributed by atoms with Crippen molar-refractivity contribution >= 4 is 21.6 Å². The van der Waals surface area contributed by atoms with Crippen molar-refractivity contribution in [1.82, 2.24) is 9.97 Å². The molecule has 0 unspecified atom stereocenters. The van der Waals surface area contributed by atoms with Gasteiger partial charge in [0.2, 0.25) is 0 Å². The Balaban J connectivity index is 2.37. The molecule has 0 aliphatic rings. The van der Waals surface area contributed by atoms with Crippen molar-refractivity contribution in [3.63, 3.8) is 0 Å². The van der Waals surface area contributed by atoms with Gasteiger partial charge in [-0.25, -0.2) is 9.37 Å². The minimum absolute atomic E-state index is 0.169. The number of hydrogen-bond acceptors (Lipinski definition) is 4. The molecule has 0 saturated carbocycles. The number of nitrogens with two attached hydrogens (primary N) is 1. The number of aromatic nitrogens is 2. The van der Waals surface area contributed by atoms with Crippen LogP contribution in [0.2, 0.25) is 0 Å². The number of halogens is 2. The van der Waals surface area contributed by atoms with E-state index in [0.717, 1.165) is 11.4 Å². The molecule has 1 aromatic heterocycles. The number of aryl methyl sites for hydroxylation is 1. The number of nitrogen functional groups attached to an aromatic ring is 1. The predicted octanol–water partition coefficient (Wildman–Crippen LogP) is 4.18. The minimum atomic E-state index is -0.453. The molecule has 0 fully saturated rings. The molecule has 2 rings (SSSR count). The van der Waals surface area contributed by atoms with Crippen molar-refractivity contribution < 1.29 is 9.13 Å². The molecule has 4 nitrogen and oxygen atoms in total. The number of benzene rings is 1. The Bertz CT molecular complexity index is 647. The van der Waals surface area contributed by atoms with Crippen LogP contribution in [-0.4, -0.2) is 9.97 Å². The summed E-state index contributed by atoms with van der Waals surface area (Å²) in [6, 6.07) is 4.72. The predicted molar refractivity (Wildman–Crippen MR) is 79.4 cm³/mol. The van der Waals surface area contributed by atoms with E-state index < -0.39 is 5.82 Å². The van der Waals surface area contributed by atoms with E-state index in [2.05, 4.69) is 25.9 Å². The summed E-state index contributed by atoms with van der Waals surface area (Å²) < 4.78 is 19.3. The van der Waals surface area contributed by atoms with Gasteiger partial charge < -0.3 is 10.5 Å². The van der Waals surface area contributed by atoms with Gasteiger partial charge in [-0.3, -0.25) is 0 Å². The average Bonchev–Trinajstić information content (AvgIpc) is 2.35. The van der Waals surface area contributed by atoms with Crippen LogP contribution in [-0.2, 0) is 0 Å². The van der Waals surface area contributed by atoms with Gasteiger partial charge in [0, 0.05) is 11.8 Å². The van der Waals surface area contributed by atoms with Crippen LogP contribution in [0.5, 0.6) is 11.8 Å². The summed E-state index contributed by atoms with van der Waals surface area (Å²) in [4.78, 5) is 8.48. The molecule has 0 radical (unpaired) electrons. The van der Waals surface area contributed by atoms with E-state index in [-0.39, 0.29) is 22.2 Å². The Kier molecular flexibility index (Phi) is 4.23. The second-order valence-electron chi connectivity index (χ2n) is 4.78. The van der Waals surface area contributed by atoms with Crippen LogP contribution in [0.1, 0.15) is 31.2 Å². The first kappa shape index (κ1) is 14.7. The van der Waals surface area contributed by atoms with E-state index in [1.54, 1.807) is 0 Å². The largest absolute Gasteiger partial charge is 0.422 e. The number of hydrogen-bond donors (Lipinski definition) is 1. The van der Waals surface area contributed by atoms with Crippen LogP contribution in [0.3, 0.4) is 0 Å². The fourth-order valence-corrected chi connectivity index (χ4v) is 2.00. The summed E-state index contributed by atoms with van der Waals surface area (Å²) in [6.07, 6.45) is 0. The highest BCUT2D eigenvalue weighted by Crippen LogP contribution is 2.31. The summed E-state index contributed by atoms with van der Waals surface area (Å²) >= 11 is 3.07. The quantitative estimate of drug-likeness (QED) is 0.852. The second-order valence-corrected chi connectivity index (χ2v) is 5.63. The first-order valence-corrected chi connectivity index (χ1v) is 6.94. The first-order valence-electron chi connectivity index (χ1n) is 6.14. The van der Waals surface area contributed by atoms with Crippen LogP contribution in [0, 0.1) is 12.7 Å². The molecule has 1 heterocycles. The van der Waals surface area contributed by atoms with Crippen molar-refractivity contribution in [2.75, 3.05) is 5.73 Å². The number of nitrogens with zero attached hydrogens (tertiary/aromatic N) is 2. The van der Waals surface area contributed by atoms with Gasteiger partial charge in [-0.15, -0.1) is 0 Å². The van der Waals surface area contributed by atoms with E-state index >= 15 is 0 Å². The molecule has 0 saturated heterocycles. The Morgan fingerprint density at radius 1 is 1.25 bits per heavy atom. The molecule has 0 aliphatic heterocycles. The highest BCUT2D eigenvalue weighted by molar-refractivity contribution is 9.10. The highest BCUT2D eigenvalue weighted by atomic mass is 79.9. The van der Waals surface area contributed by atoms with E-state index in [1.165, 1.54) is 12.1 Å². The summed E-state index contributed by atoms with van der Waals surface area (Å²) in [5, 5.41) is 0. The molecule has 0 spiro atoms. The van der Waals surface area contributed by atoms with Crippen molar-refractivity contribution in [2.45, 2.75) is 26.7 Å². The fraction of sp³-hybridized carbons (Fsp3) is 0.286. The van der Waals surface area contributed by atoms with Gasteiger partial charge in [0.15, 0.2) is 5.75 Å². The van der Waals surface area contributed by atoms with Gasteiger partial charge in [0.05, 0.1) is 15.9 Å². The maximum atomic E-state index is 13.5. The van der Waals surface area contributed by atoms with Crippen LogP contribution in [0.4, 0.5) is 10.1 Å². The van der Waals surface area contributed by atoms with Crippen LogP contribution < -0.4 is 10.5 Å². The standard InChI is InChI=1S/C14H15BrFN3O/c1-7(2)12-4-8(3)18-14(19-12)20-13-6-10(16)9(15)5-11(13)17/h4-7H,17H2,1-3H3. The van der Waals surface area contributed by atoms with Crippen LogP contribution >= 0.6 is 15.9 Å². The molecule has 0 amide bonds. The van der Waals surface area contributed by atoms with Crippen LogP contribution in [0.15, 0.2) is 22.7 Å². The molecule has 2 N–H and O–H groups in total. The lowest BCUT2D eigenvalue weighted by atomic mass is 10.1. The molecule has 0 aliphatic carbocycles. The fourth-order valence-electron chi connectivity index (χ4n) is 1.64. The summed E-state index contributed by atoms with van der Waals surface area (Å²) in [6.45, 7) is 5.91. The second kappa shape index (κ2) is 5.75. The van der Waals surface area contributed by atoms with Gasteiger partial charge in [0.1, 0.15) is 5.82 Å². The van der Waals surface area contributed by atoms with Crippen molar-refractivity contribution in [1.29, 1.82) is 0 Å². The number of rotatable bonds is 3. The lowest BCUT2D eigenvalue weighted by molar-refractivity contribution is 0.434. The summed E-state index contributed by atoms with van der Waals surface area (Å²) in [5.41, 5.74) is 7.76. The van der Waals surface area contributed by atoms with Gasteiger partial charge in [0.25, 0.3) is 0 Å². The molecule has 1 aromatic carbocycles. The molecule has 106 valence electrons. The van der Waals surface area contributed by atoms with E-state index in [1.807, 2.05) is 26.8 Å². The SMILES string of the molecule is Cc1cc(C(C)C)nc(Oc2cc(F)c(Br)cc2N)n1. The number of ether oxygens (including phenoxy) is 1. The van der Waals surface area contributed by atoms with E-state index in [4.69, 9.17) is 10.5 Å². The van der Waals surface area contributed by atoms with Crippen molar-refractivity contribution in [3.05, 3.63) is 39.9 Å². The first-order chi connectivity index (χ1) is 9.36. The van der Waals surface area contributed by atoms with Gasteiger partial charge >= 0.3 is 6.01 Å². The zero-order chi connectivity index (χ0) is 14.9. The third-order valence-electron chi connectivity index (χ3n) is 2.70. The minimum Gasteiger partial charge on any atom is -0.422 e. The molecule has 6 heteroatoms. The molecule has 2 aromatic rings. The zero-order valence-electron chi connectivity index (χ0n) is 11.4. The Morgan fingerprint density at radius 2 is 1.95 bits per heavy atom. The van der Waals surface area contributed by atoms with Crippen molar-refractivity contribution in [3.8, 4) is 11.8 Å². The third-order valence-corrected chi connectivity index (χ3v) is 3.31. The van der Waals surface area contributed by atoms with E-state index in [0.29, 0.717) is 5.69 Å². The van der Waals surface area contributed by atoms with Gasteiger partial charge in [-0.05, 0) is 40.9 Å². The van der Waals surface area contributed by atoms with Crippen LogP contribution in [0.25, 0.3) is 0 Å². The van der Waals surface area contributed by atoms with Gasteiger partial charge in [-0.1, -0.05) is 13.8 Å². The molecular formula is C14H15BrFN3O. The monoisotopic (exact) mass is 339 g/mol. The zero-order valence-corrected chi connectivity index (χ0v) is 13.0. The maximum Gasteiger partial charge on any atom is 0.322 e. The van der Waals surface area contributed by atoms with Gasteiger partial charge in [-0.2, -0.15) is 4.98 Å². The van der Waals surface area contributed by atoms with Crippen molar-refractivity contribution in [2.24, 2.45) is 0 Å². The Labute approximate surface area is 125 Å². The highest BCUT2D eigenvalue weighted by Gasteiger charge is 2.12. The molecule has 0 atom stereocenters. The lowest BCUT2D eigenvalue weighted by Gasteiger charge is -2.11. The topological polar surface area (TPSA) is 61.0 Å². The lowest BCUT2D eigenvalue weighted by Crippen LogP contribution is -2.02. The third kappa shape index (κ3) is 3.25. The van der Waals surface area contributed by atoms with E-state index in [9.17, 15) is 4.39 Å². The summed E-state index contributed by atoms with van der Waals surface area (Å²) in [5.74, 6) is -0.00464. The maximum absolute atomic E-state index is 13.5. The Morgan fingerprint density at radius 3 is 2.60 bits per heavy atom. The smallest absolute Gasteiger partial charge is 0.322 e. The molecule has 20 heavy (non-hydrogen) atoms. The number of anilines is 1.